The van der Waals surface area contributed by atoms with Crippen LogP contribution in [0, 0.1) is 5.82 Å². The highest BCUT2D eigenvalue weighted by Gasteiger charge is 2.16. The Labute approximate surface area is 126 Å². The molecule has 1 unspecified atom stereocenters. The Morgan fingerprint density at radius 1 is 1.35 bits per heavy atom. The van der Waals surface area contributed by atoms with Gasteiger partial charge in [0.05, 0.1) is 11.6 Å². The molecule has 0 aliphatic carbocycles. The van der Waals surface area contributed by atoms with Gasteiger partial charge in [0.15, 0.2) is 0 Å². The maximum absolute atomic E-state index is 14.1. The first-order chi connectivity index (χ1) is 9.65. The largest absolute Gasteiger partial charge is 0.481 e. The van der Waals surface area contributed by atoms with E-state index in [-0.39, 0.29) is 11.9 Å². The normalized spacial score (nSPS) is 12.2. The van der Waals surface area contributed by atoms with Gasteiger partial charge in [-0.25, -0.2) is 9.37 Å². The molecule has 1 atom stereocenters. The van der Waals surface area contributed by atoms with Gasteiger partial charge in [-0.05, 0) is 41.0 Å². The second kappa shape index (κ2) is 6.81. The number of nitrogens with zero attached hydrogens (tertiary/aromatic N) is 1. The number of hydrogen-bond donors (Lipinski definition) is 1. The van der Waals surface area contributed by atoms with E-state index < -0.39 is 0 Å². The van der Waals surface area contributed by atoms with Gasteiger partial charge < -0.3 is 10.1 Å². The Kier molecular flexibility index (Phi) is 5.09. The Morgan fingerprint density at radius 3 is 2.75 bits per heavy atom. The highest BCUT2D eigenvalue weighted by Crippen LogP contribution is 2.26. The number of hydrogen-bond acceptors (Lipinski definition) is 3. The predicted octanol–water partition coefficient (Wildman–Crippen LogP) is 3.50. The molecular formula is C15H16BrFN2O. The molecule has 0 aliphatic rings. The zero-order valence-electron chi connectivity index (χ0n) is 11.4. The molecule has 106 valence electrons. The van der Waals surface area contributed by atoms with E-state index in [1.54, 1.807) is 31.5 Å². The number of methoxy groups -OCH3 is 1. The first-order valence-electron chi connectivity index (χ1n) is 6.25. The van der Waals surface area contributed by atoms with Crippen LogP contribution in [0.5, 0.6) is 5.88 Å². The van der Waals surface area contributed by atoms with Crippen LogP contribution in [0.1, 0.15) is 17.2 Å². The third-order valence-electron chi connectivity index (χ3n) is 3.15. The van der Waals surface area contributed by atoms with Crippen molar-refractivity contribution in [3.05, 3.63) is 57.9 Å². The minimum atomic E-state index is -0.228. The Hall–Kier alpha value is -1.46. The maximum Gasteiger partial charge on any atom is 0.212 e. The average molecular weight is 339 g/mol. The van der Waals surface area contributed by atoms with Gasteiger partial charge in [-0.15, -0.1) is 0 Å². The monoisotopic (exact) mass is 338 g/mol. The van der Waals surface area contributed by atoms with E-state index >= 15 is 0 Å². The Balaban J connectivity index is 2.21. The van der Waals surface area contributed by atoms with Crippen molar-refractivity contribution in [1.29, 1.82) is 0 Å². The van der Waals surface area contributed by atoms with Crippen molar-refractivity contribution in [2.45, 2.75) is 12.5 Å². The molecule has 1 heterocycles. The zero-order chi connectivity index (χ0) is 14.5. The van der Waals surface area contributed by atoms with E-state index in [9.17, 15) is 4.39 Å². The summed E-state index contributed by atoms with van der Waals surface area (Å²) in [5, 5.41) is 3.14. The number of ether oxygens (including phenoxy) is 1. The fourth-order valence-electron chi connectivity index (χ4n) is 2.05. The highest BCUT2D eigenvalue weighted by molar-refractivity contribution is 9.10. The molecule has 3 nitrogen and oxygen atoms in total. The lowest BCUT2D eigenvalue weighted by atomic mass is 9.99. The molecule has 0 aliphatic heterocycles. The van der Waals surface area contributed by atoms with Crippen LogP contribution < -0.4 is 10.1 Å². The van der Waals surface area contributed by atoms with Gasteiger partial charge in [0.1, 0.15) is 5.82 Å². The fraction of sp³-hybridized carbons (Fsp3) is 0.267. The molecule has 20 heavy (non-hydrogen) atoms. The second-order valence-electron chi connectivity index (χ2n) is 4.40. The van der Waals surface area contributed by atoms with Crippen molar-refractivity contribution in [3.8, 4) is 5.88 Å². The van der Waals surface area contributed by atoms with Crippen LogP contribution in [0.15, 0.2) is 41.0 Å². The van der Waals surface area contributed by atoms with Crippen LogP contribution in [0.25, 0.3) is 0 Å². The molecule has 0 saturated heterocycles. The van der Waals surface area contributed by atoms with Gasteiger partial charge in [0.25, 0.3) is 0 Å². The maximum atomic E-state index is 14.1. The van der Waals surface area contributed by atoms with E-state index in [1.165, 1.54) is 0 Å². The molecule has 0 saturated carbocycles. The number of halogens is 2. The van der Waals surface area contributed by atoms with Crippen molar-refractivity contribution in [3.63, 3.8) is 0 Å². The van der Waals surface area contributed by atoms with Gasteiger partial charge in [0.2, 0.25) is 5.88 Å². The Morgan fingerprint density at radius 2 is 2.15 bits per heavy atom. The van der Waals surface area contributed by atoms with Crippen molar-refractivity contribution in [2.75, 3.05) is 14.2 Å². The molecule has 2 rings (SSSR count). The van der Waals surface area contributed by atoms with Gasteiger partial charge >= 0.3 is 0 Å². The van der Waals surface area contributed by atoms with Crippen molar-refractivity contribution in [2.24, 2.45) is 0 Å². The molecule has 1 N–H and O–H groups in total. The fourth-order valence-corrected chi connectivity index (χ4v) is 2.43. The van der Waals surface area contributed by atoms with E-state index in [0.29, 0.717) is 22.3 Å². The lowest BCUT2D eigenvalue weighted by molar-refractivity contribution is 0.397. The van der Waals surface area contributed by atoms with E-state index in [0.717, 1.165) is 5.56 Å². The molecule has 2 aromatic rings. The minimum Gasteiger partial charge on any atom is -0.481 e. The second-order valence-corrected chi connectivity index (χ2v) is 5.25. The van der Waals surface area contributed by atoms with Crippen LogP contribution in [-0.2, 0) is 6.42 Å². The third-order valence-corrected chi connectivity index (χ3v) is 3.76. The number of rotatable bonds is 5. The smallest absolute Gasteiger partial charge is 0.212 e. The van der Waals surface area contributed by atoms with E-state index in [4.69, 9.17) is 4.74 Å². The van der Waals surface area contributed by atoms with Crippen molar-refractivity contribution in [1.82, 2.24) is 10.3 Å². The lowest BCUT2D eigenvalue weighted by Crippen LogP contribution is -2.20. The summed E-state index contributed by atoms with van der Waals surface area (Å²) in [5.41, 5.74) is 1.65. The van der Waals surface area contributed by atoms with Crippen molar-refractivity contribution < 1.29 is 9.13 Å². The predicted molar refractivity (Wildman–Crippen MR) is 80.4 cm³/mol. The van der Waals surface area contributed by atoms with Crippen LogP contribution in [-0.4, -0.2) is 19.1 Å². The average Bonchev–Trinajstić information content (AvgIpc) is 2.48. The Bertz CT molecular complexity index is 575. The summed E-state index contributed by atoms with van der Waals surface area (Å²) in [4.78, 5) is 4.17. The van der Waals surface area contributed by atoms with Gasteiger partial charge in [-0.3, -0.25) is 0 Å². The SMILES string of the molecule is CNC(Cc1ccc(OC)nc1)c1cccc(Br)c1F. The highest BCUT2D eigenvalue weighted by atomic mass is 79.9. The first-order valence-corrected chi connectivity index (χ1v) is 7.05. The van der Waals surface area contributed by atoms with Crippen LogP contribution >= 0.6 is 15.9 Å². The van der Waals surface area contributed by atoms with Crippen LogP contribution in [0.3, 0.4) is 0 Å². The first kappa shape index (κ1) is 14.9. The molecule has 5 heteroatoms. The summed E-state index contributed by atoms with van der Waals surface area (Å²) in [6.45, 7) is 0. The summed E-state index contributed by atoms with van der Waals surface area (Å²) in [7, 11) is 3.40. The molecule has 0 bridgehead atoms. The van der Waals surface area contributed by atoms with Crippen LogP contribution in [0.4, 0.5) is 4.39 Å². The summed E-state index contributed by atoms with van der Waals surface area (Å²) in [6, 6.07) is 8.95. The quantitative estimate of drug-likeness (QED) is 0.905. The third kappa shape index (κ3) is 3.35. The summed E-state index contributed by atoms with van der Waals surface area (Å²) < 4.78 is 19.6. The molecule has 0 fully saturated rings. The number of pyridine rings is 1. The molecule has 0 spiro atoms. The summed E-state index contributed by atoms with van der Waals surface area (Å²) in [5.74, 6) is 0.344. The van der Waals surface area contributed by atoms with Crippen molar-refractivity contribution >= 4 is 15.9 Å². The topological polar surface area (TPSA) is 34.1 Å². The molecule has 1 aromatic heterocycles. The van der Waals surface area contributed by atoms with Gasteiger partial charge in [-0.1, -0.05) is 18.2 Å². The summed E-state index contributed by atoms with van der Waals surface area (Å²) in [6.07, 6.45) is 2.40. The van der Waals surface area contributed by atoms with Gasteiger partial charge in [-0.2, -0.15) is 0 Å². The molecule has 1 aromatic carbocycles. The molecule has 0 amide bonds. The van der Waals surface area contributed by atoms with E-state index in [1.807, 2.05) is 19.2 Å². The van der Waals surface area contributed by atoms with Crippen LogP contribution in [0.2, 0.25) is 0 Å². The number of nitrogens with one attached hydrogen (secondary N) is 1. The molecular weight excluding hydrogens is 323 g/mol. The standard InChI is InChI=1S/C15H16BrFN2O/c1-18-13(11-4-3-5-12(16)15(11)17)8-10-6-7-14(20-2)19-9-10/h3-7,9,13,18H,8H2,1-2H3. The summed E-state index contributed by atoms with van der Waals surface area (Å²) >= 11 is 3.22. The van der Waals surface area contributed by atoms with Gasteiger partial charge in [0, 0.05) is 23.9 Å². The lowest BCUT2D eigenvalue weighted by Gasteiger charge is -2.18. The molecule has 0 radical (unpaired) electrons. The minimum absolute atomic E-state index is 0.109. The number of aromatic nitrogens is 1. The number of benzene rings is 1. The zero-order valence-corrected chi connectivity index (χ0v) is 12.9. The van der Waals surface area contributed by atoms with E-state index in [2.05, 4.69) is 26.2 Å². The number of likely N-dealkylation sites (N-methyl/N-ethyl adjacent to an activating group) is 1.